The first-order chi connectivity index (χ1) is 6.20. The highest BCUT2D eigenvalue weighted by molar-refractivity contribution is 7.98. The Morgan fingerprint density at radius 1 is 1.54 bits per heavy atom. The molecule has 0 aromatic heterocycles. The van der Waals surface area contributed by atoms with E-state index < -0.39 is 0 Å². The van der Waals surface area contributed by atoms with Gasteiger partial charge in [0.15, 0.2) is 5.84 Å². The summed E-state index contributed by atoms with van der Waals surface area (Å²) in [7, 11) is 0. The van der Waals surface area contributed by atoms with Crippen LogP contribution in [0.1, 0.15) is 11.1 Å². The molecular weight excluding hydrogens is 184 g/mol. The van der Waals surface area contributed by atoms with Crippen LogP contribution in [0.5, 0.6) is 0 Å². The summed E-state index contributed by atoms with van der Waals surface area (Å²) >= 11 is 1.58. The van der Waals surface area contributed by atoms with Gasteiger partial charge in [-0.3, -0.25) is 0 Å². The first-order valence-electron chi connectivity index (χ1n) is 3.82. The van der Waals surface area contributed by atoms with Crippen LogP contribution >= 0.6 is 11.8 Å². The lowest BCUT2D eigenvalue weighted by atomic mass is 10.1. The van der Waals surface area contributed by atoms with Gasteiger partial charge in [0.1, 0.15) is 0 Å². The van der Waals surface area contributed by atoms with Gasteiger partial charge in [-0.15, -0.1) is 11.8 Å². The van der Waals surface area contributed by atoms with Gasteiger partial charge in [0.2, 0.25) is 0 Å². The lowest BCUT2D eigenvalue weighted by molar-refractivity contribution is 0.318. The number of hydrogen-bond donors (Lipinski definition) is 2. The number of thioether (sulfide) groups is 1. The Kier molecular flexibility index (Phi) is 3.19. The fourth-order valence-electron chi connectivity index (χ4n) is 1.19. The van der Waals surface area contributed by atoms with Gasteiger partial charge in [-0.2, -0.15) is 0 Å². The van der Waals surface area contributed by atoms with Gasteiger partial charge in [-0.05, 0) is 24.8 Å². The van der Waals surface area contributed by atoms with E-state index in [-0.39, 0.29) is 5.84 Å². The Bertz CT molecular complexity index is 336. The van der Waals surface area contributed by atoms with Crippen LogP contribution in [0, 0.1) is 6.92 Å². The lowest BCUT2D eigenvalue weighted by Crippen LogP contribution is -2.15. The van der Waals surface area contributed by atoms with Gasteiger partial charge >= 0.3 is 0 Å². The van der Waals surface area contributed by atoms with E-state index in [2.05, 4.69) is 5.16 Å². The van der Waals surface area contributed by atoms with Crippen molar-refractivity contribution in [3.8, 4) is 0 Å². The normalized spacial score (nSPS) is 11.7. The molecule has 3 nitrogen and oxygen atoms in total. The Morgan fingerprint density at radius 2 is 2.23 bits per heavy atom. The number of hydrogen-bond acceptors (Lipinski definition) is 3. The molecule has 0 fully saturated rings. The van der Waals surface area contributed by atoms with Crippen molar-refractivity contribution in [2.24, 2.45) is 10.9 Å². The van der Waals surface area contributed by atoms with Crippen molar-refractivity contribution in [3.05, 3.63) is 29.3 Å². The van der Waals surface area contributed by atoms with Crippen LogP contribution in [-0.2, 0) is 0 Å². The van der Waals surface area contributed by atoms with Crippen LogP contribution in [0.25, 0.3) is 0 Å². The van der Waals surface area contributed by atoms with E-state index in [0.717, 1.165) is 16.0 Å². The molecule has 1 rings (SSSR count). The van der Waals surface area contributed by atoms with Crippen molar-refractivity contribution in [1.82, 2.24) is 0 Å². The molecule has 0 bridgehead atoms. The molecule has 0 aliphatic carbocycles. The van der Waals surface area contributed by atoms with Crippen LogP contribution in [0.15, 0.2) is 28.3 Å². The minimum absolute atomic E-state index is 0.169. The number of benzene rings is 1. The summed E-state index contributed by atoms with van der Waals surface area (Å²) in [5.74, 6) is 0.169. The Labute approximate surface area is 81.6 Å². The highest BCUT2D eigenvalue weighted by atomic mass is 32.2. The van der Waals surface area contributed by atoms with Gasteiger partial charge in [0, 0.05) is 10.5 Å². The van der Waals surface area contributed by atoms with E-state index >= 15 is 0 Å². The van der Waals surface area contributed by atoms with Crippen LogP contribution in [0.4, 0.5) is 0 Å². The van der Waals surface area contributed by atoms with Gasteiger partial charge in [0.05, 0.1) is 0 Å². The van der Waals surface area contributed by atoms with E-state index in [4.69, 9.17) is 10.9 Å². The first kappa shape index (κ1) is 9.92. The molecular formula is C9H12N2OS. The molecule has 13 heavy (non-hydrogen) atoms. The number of nitrogens with zero attached hydrogens (tertiary/aromatic N) is 1. The van der Waals surface area contributed by atoms with Crippen molar-refractivity contribution in [2.75, 3.05) is 6.26 Å². The average Bonchev–Trinajstić information content (AvgIpc) is 2.16. The SMILES string of the molecule is CSc1cccc(C)c1C(N)=NO. The zero-order valence-electron chi connectivity index (χ0n) is 7.61. The molecule has 0 radical (unpaired) electrons. The maximum absolute atomic E-state index is 8.59. The fraction of sp³-hybridized carbons (Fsp3) is 0.222. The topological polar surface area (TPSA) is 58.6 Å². The van der Waals surface area contributed by atoms with Crippen molar-refractivity contribution < 1.29 is 5.21 Å². The molecule has 0 saturated carbocycles. The van der Waals surface area contributed by atoms with E-state index in [0.29, 0.717) is 0 Å². The molecule has 4 heteroatoms. The molecule has 0 aliphatic rings. The quantitative estimate of drug-likeness (QED) is 0.249. The third-order valence-electron chi connectivity index (χ3n) is 1.82. The predicted molar refractivity (Wildman–Crippen MR) is 55.5 cm³/mol. The van der Waals surface area contributed by atoms with Crippen LogP contribution in [0.2, 0.25) is 0 Å². The second-order valence-corrected chi connectivity index (χ2v) is 3.49. The maximum Gasteiger partial charge on any atom is 0.171 e. The number of nitrogens with two attached hydrogens (primary N) is 1. The molecule has 0 saturated heterocycles. The molecule has 0 atom stereocenters. The largest absolute Gasteiger partial charge is 0.409 e. The zero-order chi connectivity index (χ0) is 9.84. The van der Waals surface area contributed by atoms with Crippen molar-refractivity contribution in [2.45, 2.75) is 11.8 Å². The summed E-state index contributed by atoms with van der Waals surface area (Å²) in [5, 5.41) is 11.6. The Hall–Kier alpha value is -1.16. The summed E-state index contributed by atoms with van der Waals surface area (Å²) in [6.07, 6.45) is 1.96. The smallest absolute Gasteiger partial charge is 0.171 e. The van der Waals surface area contributed by atoms with Crippen molar-refractivity contribution in [3.63, 3.8) is 0 Å². The highest BCUT2D eigenvalue weighted by Gasteiger charge is 2.08. The average molecular weight is 196 g/mol. The van der Waals surface area contributed by atoms with Gasteiger partial charge in [-0.25, -0.2) is 0 Å². The minimum Gasteiger partial charge on any atom is -0.409 e. The van der Waals surface area contributed by atoms with Crippen LogP contribution < -0.4 is 5.73 Å². The minimum atomic E-state index is 0.169. The van der Waals surface area contributed by atoms with Gasteiger partial charge < -0.3 is 10.9 Å². The number of amidine groups is 1. The van der Waals surface area contributed by atoms with E-state index in [1.165, 1.54) is 0 Å². The lowest BCUT2D eigenvalue weighted by Gasteiger charge is -2.08. The molecule has 0 heterocycles. The standard InChI is InChI=1S/C9H12N2OS/c1-6-4-3-5-7(13-2)8(6)9(10)11-12/h3-5,12H,1-2H3,(H2,10,11). The number of rotatable bonds is 2. The van der Waals surface area contributed by atoms with Gasteiger partial charge in [-0.1, -0.05) is 17.3 Å². The molecule has 1 aromatic carbocycles. The summed E-state index contributed by atoms with van der Waals surface area (Å²) in [6, 6.07) is 5.84. The Morgan fingerprint density at radius 3 is 2.77 bits per heavy atom. The van der Waals surface area contributed by atoms with Crippen molar-refractivity contribution >= 4 is 17.6 Å². The monoisotopic (exact) mass is 196 g/mol. The predicted octanol–water partition coefficient (Wildman–Crippen LogP) is 1.81. The van der Waals surface area contributed by atoms with Crippen LogP contribution in [-0.4, -0.2) is 17.3 Å². The highest BCUT2D eigenvalue weighted by Crippen LogP contribution is 2.22. The van der Waals surface area contributed by atoms with E-state index in [1.54, 1.807) is 11.8 Å². The summed E-state index contributed by atoms with van der Waals surface area (Å²) in [4.78, 5) is 1.02. The van der Waals surface area contributed by atoms with Crippen LogP contribution in [0.3, 0.4) is 0 Å². The van der Waals surface area contributed by atoms with E-state index in [9.17, 15) is 0 Å². The second-order valence-electron chi connectivity index (χ2n) is 2.64. The van der Waals surface area contributed by atoms with E-state index in [1.807, 2.05) is 31.4 Å². The molecule has 3 N–H and O–H groups in total. The maximum atomic E-state index is 8.59. The number of aryl methyl sites for hydroxylation is 1. The molecule has 0 spiro atoms. The third kappa shape index (κ3) is 1.95. The second kappa shape index (κ2) is 4.18. The molecule has 0 aliphatic heterocycles. The summed E-state index contributed by atoms with van der Waals surface area (Å²) in [6.45, 7) is 1.94. The zero-order valence-corrected chi connectivity index (χ0v) is 8.43. The Balaban J connectivity index is 3.31. The molecule has 1 aromatic rings. The summed E-state index contributed by atoms with van der Waals surface area (Å²) in [5.41, 5.74) is 7.39. The number of oxime groups is 1. The third-order valence-corrected chi connectivity index (χ3v) is 2.60. The summed E-state index contributed by atoms with van der Waals surface area (Å²) < 4.78 is 0. The first-order valence-corrected chi connectivity index (χ1v) is 5.04. The fourth-order valence-corrected chi connectivity index (χ4v) is 1.87. The molecule has 70 valence electrons. The van der Waals surface area contributed by atoms with Crippen molar-refractivity contribution in [1.29, 1.82) is 0 Å². The molecule has 0 unspecified atom stereocenters. The molecule has 0 amide bonds. The van der Waals surface area contributed by atoms with Gasteiger partial charge in [0.25, 0.3) is 0 Å².